The minimum Gasteiger partial charge on any atom is -0.396 e. The van der Waals surface area contributed by atoms with Crippen molar-refractivity contribution in [3.63, 3.8) is 0 Å². The second kappa shape index (κ2) is 6.22. The molecular weight excluding hydrogens is 136 g/mol. The molecule has 0 aromatic rings. The fraction of sp³-hybridized carbons (Fsp3) is 1.00. The minimum absolute atomic E-state index is 0.0711. The maximum Gasteiger partial charge on any atom is 0.347 e. The van der Waals surface area contributed by atoms with Crippen molar-refractivity contribution in [2.45, 2.75) is 13.8 Å². The Hall–Kier alpha value is 0.0969. The average molecular weight is 150 g/mol. The second-order valence-corrected chi connectivity index (χ2v) is 3.41. The highest BCUT2D eigenvalue weighted by Gasteiger charge is 2.08. The summed E-state index contributed by atoms with van der Waals surface area (Å²) in [5, 5.41) is 8.60. The van der Waals surface area contributed by atoms with E-state index in [4.69, 9.17) is 14.0 Å². The van der Waals surface area contributed by atoms with Crippen molar-refractivity contribution in [1.29, 1.82) is 0 Å². The van der Waals surface area contributed by atoms with Gasteiger partial charge in [0.1, 0.15) is 0 Å². The zero-order valence-electron chi connectivity index (χ0n) is 5.96. The van der Waals surface area contributed by atoms with E-state index in [9.17, 15) is 0 Å². The number of rotatable bonds is 5. The van der Waals surface area contributed by atoms with Gasteiger partial charge >= 0.3 is 9.28 Å². The summed E-state index contributed by atoms with van der Waals surface area (Å²) in [6, 6.07) is 0. The molecule has 0 aromatic carbocycles. The standard InChI is InChI=1S/C5H14O3Si/c1-3-7-9(5-6)8-4-2/h6,9H,3-5H2,1-2H3. The predicted octanol–water partition coefficient (Wildman–Crippen LogP) is -0.189. The first-order chi connectivity index (χ1) is 4.35. The first kappa shape index (κ1) is 9.10. The monoisotopic (exact) mass is 150 g/mol. The van der Waals surface area contributed by atoms with Gasteiger partial charge in [-0.25, -0.2) is 0 Å². The summed E-state index contributed by atoms with van der Waals surface area (Å²) in [5.41, 5.74) is 0. The molecule has 0 radical (unpaired) electrons. The Morgan fingerprint density at radius 1 is 1.22 bits per heavy atom. The van der Waals surface area contributed by atoms with Crippen molar-refractivity contribution in [2.75, 3.05) is 19.4 Å². The van der Waals surface area contributed by atoms with Crippen LogP contribution >= 0.6 is 0 Å². The topological polar surface area (TPSA) is 38.7 Å². The van der Waals surface area contributed by atoms with E-state index in [0.29, 0.717) is 13.2 Å². The molecular formula is C5H14O3Si. The third kappa shape index (κ3) is 4.59. The lowest BCUT2D eigenvalue weighted by molar-refractivity contribution is 0.182. The molecule has 0 spiro atoms. The molecule has 0 fully saturated rings. The summed E-state index contributed by atoms with van der Waals surface area (Å²) in [7, 11) is -1.66. The second-order valence-electron chi connectivity index (χ2n) is 1.52. The zero-order valence-corrected chi connectivity index (χ0v) is 7.12. The molecule has 0 rings (SSSR count). The molecule has 0 atom stereocenters. The van der Waals surface area contributed by atoms with Crippen LogP contribution in [-0.2, 0) is 8.85 Å². The molecule has 0 saturated heterocycles. The third-order valence-corrected chi connectivity index (χ3v) is 2.56. The van der Waals surface area contributed by atoms with Gasteiger partial charge in [-0.1, -0.05) is 0 Å². The highest BCUT2D eigenvalue weighted by atomic mass is 28.3. The van der Waals surface area contributed by atoms with Crippen molar-refractivity contribution in [1.82, 2.24) is 0 Å². The smallest absolute Gasteiger partial charge is 0.347 e. The lowest BCUT2D eigenvalue weighted by Gasteiger charge is -2.10. The highest BCUT2D eigenvalue weighted by molar-refractivity contribution is 6.44. The predicted molar refractivity (Wildman–Crippen MR) is 37.5 cm³/mol. The Kier molecular flexibility index (Phi) is 6.29. The van der Waals surface area contributed by atoms with E-state index in [1.165, 1.54) is 0 Å². The van der Waals surface area contributed by atoms with Crippen LogP contribution in [0.2, 0.25) is 0 Å². The first-order valence-electron chi connectivity index (χ1n) is 3.19. The summed E-state index contributed by atoms with van der Waals surface area (Å²) in [6.07, 6.45) is 0.0711. The molecule has 0 saturated carbocycles. The van der Waals surface area contributed by atoms with E-state index >= 15 is 0 Å². The van der Waals surface area contributed by atoms with E-state index in [-0.39, 0.29) is 6.23 Å². The Bertz CT molecular complexity index is 54.2. The van der Waals surface area contributed by atoms with Crippen LogP contribution in [0.25, 0.3) is 0 Å². The Morgan fingerprint density at radius 3 is 1.89 bits per heavy atom. The van der Waals surface area contributed by atoms with Crippen LogP contribution in [0, 0.1) is 0 Å². The van der Waals surface area contributed by atoms with Gasteiger partial charge in [-0.2, -0.15) is 0 Å². The third-order valence-electron chi connectivity index (χ3n) is 0.854. The van der Waals surface area contributed by atoms with Gasteiger partial charge < -0.3 is 14.0 Å². The summed E-state index contributed by atoms with van der Waals surface area (Å²) in [5.74, 6) is 0. The van der Waals surface area contributed by atoms with Crippen LogP contribution in [0.3, 0.4) is 0 Å². The van der Waals surface area contributed by atoms with Crippen molar-refractivity contribution < 1.29 is 14.0 Å². The lowest BCUT2D eigenvalue weighted by Crippen LogP contribution is -2.27. The van der Waals surface area contributed by atoms with Gasteiger partial charge in [-0.05, 0) is 13.8 Å². The SMILES string of the molecule is CCO[SiH](CO)OCC. The van der Waals surface area contributed by atoms with Crippen LogP contribution in [0.1, 0.15) is 13.8 Å². The number of aliphatic hydroxyl groups excluding tert-OH is 1. The number of hydrogen-bond donors (Lipinski definition) is 1. The van der Waals surface area contributed by atoms with Crippen LogP contribution < -0.4 is 0 Å². The summed E-state index contributed by atoms with van der Waals surface area (Å²) >= 11 is 0. The molecule has 0 aromatic heterocycles. The van der Waals surface area contributed by atoms with Gasteiger partial charge in [0.2, 0.25) is 0 Å². The zero-order chi connectivity index (χ0) is 7.11. The molecule has 1 N–H and O–H groups in total. The van der Waals surface area contributed by atoms with Gasteiger partial charge in [0.05, 0.1) is 6.23 Å². The Labute approximate surface area is 57.4 Å². The van der Waals surface area contributed by atoms with E-state index in [2.05, 4.69) is 0 Å². The molecule has 0 amide bonds. The molecule has 56 valence electrons. The summed E-state index contributed by atoms with van der Waals surface area (Å²) < 4.78 is 10.2. The maximum atomic E-state index is 8.60. The van der Waals surface area contributed by atoms with Gasteiger partial charge in [0.15, 0.2) is 0 Å². The maximum absolute atomic E-state index is 8.60. The van der Waals surface area contributed by atoms with Crippen LogP contribution in [-0.4, -0.2) is 33.8 Å². The molecule has 0 aliphatic rings. The van der Waals surface area contributed by atoms with Crippen molar-refractivity contribution in [2.24, 2.45) is 0 Å². The quantitative estimate of drug-likeness (QED) is 0.552. The number of aliphatic hydroxyl groups is 1. The van der Waals surface area contributed by atoms with Gasteiger partial charge in [-0.15, -0.1) is 0 Å². The molecule has 9 heavy (non-hydrogen) atoms. The van der Waals surface area contributed by atoms with Crippen LogP contribution in [0.4, 0.5) is 0 Å². The van der Waals surface area contributed by atoms with Gasteiger partial charge in [0, 0.05) is 13.2 Å². The fourth-order valence-corrected chi connectivity index (χ4v) is 1.58. The van der Waals surface area contributed by atoms with Crippen LogP contribution in [0.5, 0.6) is 0 Å². The highest BCUT2D eigenvalue weighted by Crippen LogP contribution is 1.86. The van der Waals surface area contributed by atoms with E-state index in [1.807, 2.05) is 13.8 Å². The fourth-order valence-electron chi connectivity index (χ4n) is 0.525. The average Bonchev–Trinajstić information content (AvgIpc) is 1.88. The van der Waals surface area contributed by atoms with Crippen LogP contribution in [0.15, 0.2) is 0 Å². The van der Waals surface area contributed by atoms with Crippen molar-refractivity contribution in [3.05, 3.63) is 0 Å². The molecule has 0 aliphatic carbocycles. The lowest BCUT2D eigenvalue weighted by atomic mass is 10.9. The normalized spacial score (nSPS) is 10.7. The summed E-state index contributed by atoms with van der Waals surface area (Å²) in [6.45, 7) is 5.07. The van der Waals surface area contributed by atoms with E-state index < -0.39 is 9.28 Å². The Balaban J connectivity index is 3.18. The molecule has 0 bridgehead atoms. The summed E-state index contributed by atoms with van der Waals surface area (Å²) in [4.78, 5) is 0. The Morgan fingerprint density at radius 2 is 1.67 bits per heavy atom. The van der Waals surface area contributed by atoms with Crippen molar-refractivity contribution >= 4 is 9.28 Å². The largest absolute Gasteiger partial charge is 0.396 e. The number of hydrogen-bond acceptors (Lipinski definition) is 3. The van der Waals surface area contributed by atoms with Crippen molar-refractivity contribution in [3.8, 4) is 0 Å². The molecule has 3 nitrogen and oxygen atoms in total. The first-order valence-corrected chi connectivity index (χ1v) is 4.95. The minimum atomic E-state index is -1.66. The van der Waals surface area contributed by atoms with Gasteiger partial charge in [0.25, 0.3) is 0 Å². The van der Waals surface area contributed by atoms with E-state index in [1.54, 1.807) is 0 Å². The molecule has 0 unspecified atom stereocenters. The van der Waals surface area contributed by atoms with Gasteiger partial charge in [-0.3, -0.25) is 0 Å². The molecule has 4 heteroatoms. The molecule has 0 heterocycles. The molecule has 0 aliphatic heterocycles. The van der Waals surface area contributed by atoms with E-state index in [0.717, 1.165) is 0 Å².